The summed E-state index contributed by atoms with van der Waals surface area (Å²) in [6.45, 7) is 8.72. The van der Waals surface area contributed by atoms with Crippen LogP contribution in [0.4, 0.5) is 5.69 Å². The molecule has 0 spiro atoms. The normalized spacial score (nSPS) is 16.2. The molecular formula is C25H25N7O3. The maximum absolute atomic E-state index is 13.6. The van der Waals surface area contributed by atoms with E-state index in [1.165, 1.54) is 0 Å². The van der Waals surface area contributed by atoms with Crippen LogP contribution in [-0.4, -0.2) is 29.5 Å². The van der Waals surface area contributed by atoms with Crippen LogP contribution >= 0.6 is 0 Å². The molecule has 5 heterocycles. The lowest BCUT2D eigenvalue weighted by Crippen LogP contribution is -2.29. The maximum atomic E-state index is 13.6. The number of benzene rings is 1. The minimum atomic E-state index is -0.640. The first-order valence-electron chi connectivity index (χ1n) is 11.7. The second-order valence-electron chi connectivity index (χ2n) is 9.36. The number of rotatable bonds is 4. The van der Waals surface area contributed by atoms with E-state index in [0.29, 0.717) is 23.3 Å². The number of H-pyrrole nitrogens is 1. The summed E-state index contributed by atoms with van der Waals surface area (Å²) in [5, 5.41) is 14.6. The van der Waals surface area contributed by atoms with Gasteiger partial charge in [0.2, 0.25) is 5.82 Å². The van der Waals surface area contributed by atoms with Gasteiger partial charge in [-0.2, -0.15) is 5.10 Å². The van der Waals surface area contributed by atoms with Crippen LogP contribution in [0.15, 0.2) is 44.6 Å². The third-order valence-corrected chi connectivity index (χ3v) is 6.81. The van der Waals surface area contributed by atoms with Crippen LogP contribution in [0.1, 0.15) is 49.2 Å². The van der Waals surface area contributed by atoms with Gasteiger partial charge in [-0.3, -0.25) is 18.9 Å². The smallest absolute Gasteiger partial charge is 0.377 e. The molecule has 5 aromatic rings. The van der Waals surface area contributed by atoms with E-state index in [1.807, 2.05) is 54.4 Å². The summed E-state index contributed by atoms with van der Waals surface area (Å²) in [7, 11) is 0. The Morgan fingerprint density at radius 3 is 2.80 bits per heavy atom. The molecule has 4 aromatic heterocycles. The lowest BCUT2D eigenvalue weighted by Gasteiger charge is -2.24. The van der Waals surface area contributed by atoms with Crippen molar-refractivity contribution >= 4 is 27.5 Å². The van der Waals surface area contributed by atoms with Gasteiger partial charge in [0.25, 0.3) is 5.56 Å². The van der Waals surface area contributed by atoms with Gasteiger partial charge in [0.05, 0.1) is 17.9 Å². The molecule has 10 heteroatoms. The average molecular weight is 472 g/mol. The minimum Gasteiger partial charge on any atom is -0.377 e. The molecular weight excluding hydrogens is 446 g/mol. The largest absolute Gasteiger partial charge is 0.439 e. The lowest BCUT2D eigenvalue weighted by atomic mass is 9.95. The number of nitrogens with zero attached hydrogens (tertiary/aromatic N) is 5. The lowest BCUT2D eigenvalue weighted by molar-refractivity contribution is 0.388. The number of fused-ring (bicyclic) bond motifs is 2. The van der Waals surface area contributed by atoms with Crippen LogP contribution < -0.4 is 16.6 Å². The van der Waals surface area contributed by atoms with E-state index in [4.69, 9.17) is 4.52 Å². The molecule has 35 heavy (non-hydrogen) atoms. The van der Waals surface area contributed by atoms with Gasteiger partial charge in [-0.15, -0.1) is 0 Å². The van der Waals surface area contributed by atoms with Gasteiger partial charge < -0.3 is 5.32 Å². The Morgan fingerprint density at radius 2 is 2.03 bits per heavy atom. The number of pyridine rings is 2. The van der Waals surface area contributed by atoms with Gasteiger partial charge in [0.15, 0.2) is 0 Å². The van der Waals surface area contributed by atoms with Crippen molar-refractivity contribution in [1.29, 1.82) is 0 Å². The van der Waals surface area contributed by atoms with E-state index < -0.39 is 5.76 Å². The summed E-state index contributed by atoms with van der Waals surface area (Å²) in [5.74, 6) is -0.386. The Bertz CT molecular complexity index is 1740. The fourth-order valence-electron chi connectivity index (χ4n) is 5.13. The number of aryl methyl sites for hydroxylation is 3. The number of nitrogens with one attached hydrogen (secondary N) is 2. The monoisotopic (exact) mass is 471 g/mol. The molecule has 2 atom stereocenters. The van der Waals surface area contributed by atoms with E-state index in [9.17, 15) is 9.59 Å². The van der Waals surface area contributed by atoms with Gasteiger partial charge in [-0.05, 0) is 63.4 Å². The SMILES string of the molecule is Cc1cc(C(C)Nc2ccc(C)nc2-c2noc(=O)[nH]2)c2c(c1)c(=O)n1c3c2cnn3C(C)CC1. The van der Waals surface area contributed by atoms with E-state index >= 15 is 0 Å². The third kappa shape index (κ3) is 3.28. The Balaban J connectivity index is 1.54. The van der Waals surface area contributed by atoms with E-state index in [0.717, 1.165) is 39.7 Å². The minimum absolute atomic E-state index is 0.0103. The second kappa shape index (κ2) is 7.66. The highest BCUT2D eigenvalue weighted by molar-refractivity contribution is 6.07. The molecule has 1 aliphatic rings. The molecule has 1 aliphatic heterocycles. The number of hydrogen-bond acceptors (Lipinski definition) is 7. The first kappa shape index (κ1) is 21.3. The van der Waals surface area contributed by atoms with E-state index in [2.05, 4.69) is 38.5 Å². The van der Waals surface area contributed by atoms with Crippen molar-refractivity contribution in [2.24, 2.45) is 0 Å². The van der Waals surface area contributed by atoms with Crippen LogP contribution in [0, 0.1) is 13.8 Å². The summed E-state index contributed by atoms with van der Waals surface area (Å²) in [6, 6.07) is 7.90. The van der Waals surface area contributed by atoms with Gasteiger partial charge in [0, 0.05) is 34.4 Å². The quantitative estimate of drug-likeness (QED) is 0.408. The van der Waals surface area contributed by atoms with Crippen molar-refractivity contribution in [2.45, 2.75) is 52.7 Å². The summed E-state index contributed by atoms with van der Waals surface area (Å²) < 4.78 is 8.52. The number of anilines is 1. The maximum Gasteiger partial charge on any atom is 0.439 e. The molecule has 0 fully saturated rings. The molecule has 178 valence electrons. The summed E-state index contributed by atoms with van der Waals surface area (Å²) >= 11 is 0. The van der Waals surface area contributed by atoms with Crippen molar-refractivity contribution in [2.75, 3.05) is 5.32 Å². The van der Waals surface area contributed by atoms with Crippen molar-refractivity contribution in [3.05, 3.63) is 68.2 Å². The van der Waals surface area contributed by atoms with Crippen LogP contribution in [0.5, 0.6) is 0 Å². The molecule has 2 N–H and O–H groups in total. The zero-order valence-electron chi connectivity index (χ0n) is 19.9. The molecule has 2 unspecified atom stereocenters. The van der Waals surface area contributed by atoms with Crippen LogP contribution in [0.2, 0.25) is 0 Å². The molecule has 0 radical (unpaired) electrons. The predicted octanol–water partition coefficient (Wildman–Crippen LogP) is 3.84. The third-order valence-electron chi connectivity index (χ3n) is 6.81. The average Bonchev–Trinajstić information content (AvgIpc) is 3.46. The first-order chi connectivity index (χ1) is 16.8. The summed E-state index contributed by atoms with van der Waals surface area (Å²) in [4.78, 5) is 32.3. The first-order valence-corrected chi connectivity index (χ1v) is 11.7. The zero-order valence-corrected chi connectivity index (χ0v) is 19.9. The van der Waals surface area contributed by atoms with Crippen LogP contribution in [-0.2, 0) is 6.54 Å². The topological polar surface area (TPSA) is 124 Å². The van der Waals surface area contributed by atoms with Crippen molar-refractivity contribution in [3.63, 3.8) is 0 Å². The molecule has 0 saturated heterocycles. The highest BCUT2D eigenvalue weighted by atomic mass is 16.5. The van der Waals surface area contributed by atoms with Crippen molar-refractivity contribution in [3.8, 4) is 11.5 Å². The van der Waals surface area contributed by atoms with E-state index in [-0.39, 0.29) is 23.5 Å². The molecule has 10 nitrogen and oxygen atoms in total. The molecule has 6 rings (SSSR count). The standard InChI is InChI=1S/C25H25N7O3/c1-12-9-16(15(4)28-19-6-5-13(2)27-21(19)22-29-25(34)35-30-22)20-17(10-12)24(33)31-8-7-14(3)32-23(31)18(20)11-26-32/h5-6,9-11,14-15,28H,7-8H2,1-4H3,(H,29,30,34). The molecule has 1 aromatic carbocycles. The second-order valence-corrected chi connectivity index (χ2v) is 9.36. The highest BCUT2D eigenvalue weighted by Crippen LogP contribution is 2.36. The predicted molar refractivity (Wildman–Crippen MR) is 133 cm³/mol. The highest BCUT2D eigenvalue weighted by Gasteiger charge is 2.25. The molecule has 0 saturated carbocycles. The number of aromatic amines is 1. The Morgan fingerprint density at radius 1 is 1.20 bits per heavy atom. The van der Waals surface area contributed by atoms with Gasteiger partial charge in [-0.25, -0.2) is 14.5 Å². The molecule has 0 bridgehead atoms. The van der Waals surface area contributed by atoms with Crippen molar-refractivity contribution in [1.82, 2.24) is 29.5 Å². The van der Waals surface area contributed by atoms with Gasteiger partial charge in [-0.1, -0.05) is 11.2 Å². The number of aromatic nitrogens is 6. The van der Waals surface area contributed by atoms with Crippen LogP contribution in [0.3, 0.4) is 0 Å². The number of hydrogen-bond donors (Lipinski definition) is 2. The molecule has 0 aliphatic carbocycles. The Labute approximate surface area is 199 Å². The van der Waals surface area contributed by atoms with Crippen LogP contribution in [0.25, 0.3) is 33.3 Å². The van der Waals surface area contributed by atoms with Gasteiger partial charge in [0.1, 0.15) is 11.3 Å². The summed E-state index contributed by atoms with van der Waals surface area (Å²) in [5.41, 5.74) is 4.83. The zero-order chi connectivity index (χ0) is 24.4. The van der Waals surface area contributed by atoms with E-state index in [1.54, 1.807) is 0 Å². The fourth-order valence-corrected chi connectivity index (χ4v) is 5.13. The Hall–Kier alpha value is -4.21. The van der Waals surface area contributed by atoms with Gasteiger partial charge >= 0.3 is 5.76 Å². The molecule has 0 amide bonds. The van der Waals surface area contributed by atoms with Crippen molar-refractivity contribution < 1.29 is 4.52 Å². The summed E-state index contributed by atoms with van der Waals surface area (Å²) in [6.07, 6.45) is 2.75. The fraction of sp³-hybridized carbons (Fsp3) is 0.320. The Kier molecular flexibility index (Phi) is 4.67.